The zero-order chi connectivity index (χ0) is 16.2. The average Bonchev–Trinajstić information content (AvgIpc) is 2.59. The number of para-hydroxylation sites is 1. The highest BCUT2D eigenvalue weighted by Gasteiger charge is 2.16. The molecule has 5 heteroatoms. The minimum atomic E-state index is -1.23. The van der Waals surface area contributed by atoms with Gasteiger partial charge in [0.15, 0.2) is 6.10 Å². The monoisotopic (exact) mass is 308 g/mol. The molecule has 3 aromatic rings. The number of aliphatic hydroxyl groups is 1. The van der Waals surface area contributed by atoms with E-state index in [0.717, 1.165) is 5.39 Å². The molecule has 2 aromatic carbocycles. The highest BCUT2D eigenvalue weighted by Crippen LogP contribution is 2.15. The van der Waals surface area contributed by atoms with Crippen molar-refractivity contribution in [3.63, 3.8) is 0 Å². The topological polar surface area (TPSA) is 82.2 Å². The van der Waals surface area contributed by atoms with Crippen LogP contribution >= 0.6 is 0 Å². The molecule has 1 heterocycles. The van der Waals surface area contributed by atoms with Gasteiger partial charge in [0.2, 0.25) is 5.56 Å². The number of amides is 1. The molecular weight excluding hydrogens is 292 g/mol. The van der Waals surface area contributed by atoms with E-state index >= 15 is 0 Å². The van der Waals surface area contributed by atoms with E-state index in [-0.39, 0.29) is 12.1 Å². The Labute approximate surface area is 132 Å². The summed E-state index contributed by atoms with van der Waals surface area (Å²) in [5.41, 5.74) is 1.73. The Hall–Kier alpha value is -2.92. The second-order valence-corrected chi connectivity index (χ2v) is 5.24. The summed E-state index contributed by atoms with van der Waals surface area (Å²) in [4.78, 5) is 26.5. The Bertz CT molecular complexity index is 887. The Kier molecular flexibility index (Phi) is 4.21. The molecule has 5 nitrogen and oxygen atoms in total. The van der Waals surface area contributed by atoms with Gasteiger partial charge in [-0.3, -0.25) is 9.59 Å². The van der Waals surface area contributed by atoms with Crippen LogP contribution < -0.4 is 10.9 Å². The summed E-state index contributed by atoms with van der Waals surface area (Å²) in [6.07, 6.45) is -1.23. The van der Waals surface area contributed by atoms with E-state index in [4.69, 9.17) is 0 Å². The Morgan fingerprint density at radius 2 is 1.78 bits per heavy atom. The molecule has 0 unspecified atom stereocenters. The van der Waals surface area contributed by atoms with Crippen LogP contribution in [0.2, 0.25) is 0 Å². The summed E-state index contributed by atoms with van der Waals surface area (Å²) in [6, 6.07) is 17.5. The number of fused-ring (bicyclic) bond motifs is 1. The zero-order valence-electron chi connectivity index (χ0n) is 12.3. The van der Waals surface area contributed by atoms with Crippen molar-refractivity contribution < 1.29 is 9.90 Å². The van der Waals surface area contributed by atoms with Crippen molar-refractivity contribution in [2.45, 2.75) is 12.6 Å². The second-order valence-electron chi connectivity index (χ2n) is 5.24. The molecule has 23 heavy (non-hydrogen) atoms. The Morgan fingerprint density at radius 3 is 2.57 bits per heavy atom. The first-order chi connectivity index (χ1) is 11.1. The number of aromatic nitrogens is 1. The lowest BCUT2D eigenvalue weighted by Crippen LogP contribution is -2.29. The fourth-order valence-electron chi connectivity index (χ4n) is 2.49. The van der Waals surface area contributed by atoms with Crippen molar-refractivity contribution in [2.75, 3.05) is 0 Å². The fourth-order valence-corrected chi connectivity index (χ4v) is 2.49. The van der Waals surface area contributed by atoms with Crippen LogP contribution in [-0.2, 0) is 11.3 Å². The molecule has 0 aliphatic rings. The number of carbonyl (C=O) groups is 1. The van der Waals surface area contributed by atoms with Crippen LogP contribution in [0.3, 0.4) is 0 Å². The van der Waals surface area contributed by atoms with Gasteiger partial charge in [0.25, 0.3) is 5.91 Å². The summed E-state index contributed by atoms with van der Waals surface area (Å²) in [5, 5.41) is 13.6. The van der Waals surface area contributed by atoms with Gasteiger partial charge in [-0.25, -0.2) is 0 Å². The number of carbonyl (C=O) groups excluding carboxylic acids is 1. The Balaban J connectivity index is 1.78. The first-order valence-corrected chi connectivity index (χ1v) is 7.27. The van der Waals surface area contributed by atoms with Gasteiger partial charge >= 0.3 is 0 Å². The molecule has 0 bridgehead atoms. The normalized spacial score (nSPS) is 12.0. The maximum absolute atomic E-state index is 12.1. The summed E-state index contributed by atoms with van der Waals surface area (Å²) in [6.45, 7) is 0.174. The van der Waals surface area contributed by atoms with Gasteiger partial charge in [-0.1, -0.05) is 48.5 Å². The maximum Gasteiger partial charge on any atom is 0.253 e. The zero-order valence-corrected chi connectivity index (χ0v) is 12.3. The smallest absolute Gasteiger partial charge is 0.253 e. The summed E-state index contributed by atoms with van der Waals surface area (Å²) >= 11 is 0. The molecule has 1 aromatic heterocycles. The molecule has 0 saturated heterocycles. The van der Waals surface area contributed by atoms with E-state index in [1.807, 2.05) is 24.3 Å². The lowest BCUT2D eigenvalue weighted by atomic mass is 10.1. The molecule has 0 spiro atoms. The molecule has 0 aliphatic carbocycles. The molecular formula is C18H16N2O3. The minimum absolute atomic E-state index is 0.174. The molecule has 116 valence electrons. The largest absolute Gasteiger partial charge is 0.378 e. The second kappa shape index (κ2) is 6.46. The standard InChI is InChI=1S/C18H16N2O3/c21-16-10-13(14-8-4-5-9-15(14)20-16)11-19-18(23)17(22)12-6-2-1-3-7-12/h1-10,17,22H,11H2,(H,19,23)(H,20,21)/t17-/m1/s1. The van der Waals surface area contributed by atoms with Crippen molar-refractivity contribution >= 4 is 16.8 Å². The predicted octanol–water partition coefficient (Wildman–Crippen LogP) is 1.88. The molecule has 0 saturated carbocycles. The highest BCUT2D eigenvalue weighted by molar-refractivity contribution is 5.84. The van der Waals surface area contributed by atoms with Crippen molar-refractivity contribution in [3.05, 3.63) is 82.1 Å². The quantitative estimate of drug-likeness (QED) is 0.688. The van der Waals surface area contributed by atoms with Gasteiger partial charge in [-0.15, -0.1) is 0 Å². The van der Waals surface area contributed by atoms with E-state index in [9.17, 15) is 14.7 Å². The summed E-state index contributed by atoms with van der Waals surface area (Å²) < 4.78 is 0. The molecule has 1 atom stereocenters. The van der Waals surface area contributed by atoms with Crippen LogP contribution in [0.25, 0.3) is 10.9 Å². The van der Waals surface area contributed by atoms with Crippen molar-refractivity contribution in [3.8, 4) is 0 Å². The molecule has 1 amide bonds. The summed E-state index contributed by atoms with van der Waals surface area (Å²) in [7, 11) is 0. The average molecular weight is 308 g/mol. The third-order valence-corrected chi connectivity index (χ3v) is 3.65. The van der Waals surface area contributed by atoms with Crippen LogP contribution in [0, 0.1) is 0 Å². The third kappa shape index (κ3) is 3.30. The number of aromatic amines is 1. The van der Waals surface area contributed by atoms with E-state index in [2.05, 4.69) is 10.3 Å². The van der Waals surface area contributed by atoms with Crippen molar-refractivity contribution in [2.24, 2.45) is 0 Å². The third-order valence-electron chi connectivity index (χ3n) is 3.65. The van der Waals surface area contributed by atoms with Gasteiger partial charge in [-0.05, 0) is 17.2 Å². The molecule has 3 rings (SSSR count). The van der Waals surface area contributed by atoms with E-state index in [1.165, 1.54) is 6.07 Å². The van der Waals surface area contributed by atoms with Gasteiger partial charge in [0, 0.05) is 23.5 Å². The number of hydrogen-bond donors (Lipinski definition) is 3. The number of aliphatic hydroxyl groups excluding tert-OH is 1. The number of hydrogen-bond acceptors (Lipinski definition) is 3. The number of nitrogens with one attached hydrogen (secondary N) is 2. The van der Waals surface area contributed by atoms with Crippen LogP contribution in [-0.4, -0.2) is 16.0 Å². The lowest BCUT2D eigenvalue weighted by molar-refractivity contribution is -0.129. The maximum atomic E-state index is 12.1. The van der Waals surface area contributed by atoms with E-state index in [1.54, 1.807) is 30.3 Å². The van der Waals surface area contributed by atoms with Gasteiger partial charge < -0.3 is 15.4 Å². The number of benzene rings is 2. The number of pyridine rings is 1. The van der Waals surface area contributed by atoms with Crippen LogP contribution in [0.4, 0.5) is 0 Å². The van der Waals surface area contributed by atoms with Gasteiger partial charge in [0.05, 0.1) is 0 Å². The first kappa shape index (κ1) is 15.0. The number of H-pyrrole nitrogens is 1. The van der Waals surface area contributed by atoms with E-state index in [0.29, 0.717) is 16.6 Å². The first-order valence-electron chi connectivity index (χ1n) is 7.27. The minimum Gasteiger partial charge on any atom is -0.378 e. The number of rotatable bonds is 4. The van der Waals surface area contributed by atoms with Crippen molar-refractivity contribution in [1.29, 1.82) is 0 Å². The van der Waals surface area contributed by atoms with Gasteiger partial charge in [0.1, 0.15) is 0 Å². The van der Waals surface area contributed by atoms with Crippen LogP contribution in [0.15, 0.2) is 65.5 Å². The molecule has 0 radical (unpaired) electrons. The SMILES string of the molecule is O=C(NCc1cc(=O)[nH]c2ccccc12)[C@H](O)c1ccccc1. The lowest BCUT2D eigenvalue weighted by Gasteiger charge is -2.12. The molecule has 0 fully saturated rings. The highest BCUT2D eigenvalue weighted by atomic mass is 16.3. The van der Waals surface area contributed by atoms with Crippen molar-refractivity contribution in [1.82, 2.24) is 10.3 Å². The van der Waals surface area contributed by atoms with Crippen LogP contribution in [0.1, 0.15) is 17.2 Å². The molecule has 3 N–H and O–H groups in total. The van der Waals surface area contributed by atoms with E-state index < -0.39 is 12.0 Å². The summed E-state index contributed by atoms with van der Waals surface area (Å²) in [5.74, 6) is -0.499. The molecule has 0 aliphatic heterocycles. The Morgan fingerprint density at radius 1 is 1.09 bits per heavy atom. The van der Waals surface area contributed by atoms with Gasteiger partial charge in [-0.2, -0.15) is 0 Å². The predicted molar refractivity (Wildman–Crippen MR) is 87.8 cm³/mol. The fraction of sp³-hybridized carbons (Fsp3) is 0.111. The van der Waals surface area contributed by atoms with Crippen LogP contribution in [0.5, 0.6) is 0 Å².